The minimum Gasteiger partial charge on any atom is -0.506 e. The monoisotopic (exact) mass is 377 g/mol. The van der Waals surface area contributed by atoms with Crippen LogP contribution in [0.25, 0.3) is 0 Å². The van der Waals surface area contributed by atoms with E-state index in [9.17, 15) is 9.90 Å². The quantitative estimate of drug-likeness (QED) is 0.788. The lowest BCUT2D eigenvalue weighted by molar-refractivity contribution is -0.139. The minimum atomic E-state index is -0.977. The summed E-state index contributed by atoms with van der Waals surface area (Å²) >= 11 is 6.50. The average molecular weight is 379 g/mol. The Labute approximate surface area is 122 Å². The molecule has 0 heterocycles. The Morgan fingerprint density at radius 1 is 1.39 bits per heavy atom. The maximum atomic E-state index is 11.0. The van der Waals surface area contributed by atoms with Crippen molar-refractivity contribution in [1.29, 1.82) is 0 Å². The fraction of sp³-hybridized carbons (Fsp3) is 0.333. The molecular formula is C12H13Br2NO3. The second-order valence-corrected chi connectivity index (χ2v) is 5.90. The highest BCUT2D eigenvalue weighted by Gasteiger charge is 2.19. The number of rotatable bonds is 4. The Morgan fingerprint density at radius 3 is 2.50 bits per heavy atom. The third kappa shape index (κ3) is 3.81. The molecule has 0 bridgehead atoms. The Hall–Kier alpha value is -0.880. The number of aliphatic carboxylic acids is 1. The number of halogens is 2. The molecule has 0 spiro atoms. The summed E-state index contributed by atoms with van der Waals surface area (Å²) in [5, 5.41) is 18.8. The molecule has 0 aliphatic rings. The molecule has 6 heteroatoms. The molecule has 2 N–H and O–H groups in total. The first kappa shape index (κ1) is 15.2. The molecule has 0 saturated carbocycles. The number of phenols is 1. The molecule has 0 aromatic heterocycles. The summed E-state index contributed by atoms with van der Waals surface area (Å²) in [6.45, 7) is 3.57. The molecule has 18 heavy (non-hydrogen) atoms. The molecule has 1 aromatic rings. The lowest BCUT2D eigenvalue weighted by atomic mass is 10.1. The van der Waals surface area contributed by atoms with Gasteiger partial charge in [-0.1, -0.05) is 29.8 Å². The fourth-order valence-electron chi connectivity index (χ4n) is 1.37. The predicted molar refractivity (Wildman–Crippen MR) is 77.4 cm³/mol. The molecule has 1 aromatic carbocycles. The zero-order chi connectivity index (χ0) is 13.9. The molecule has 4 nitrogen and oxygen atoms in total. The topological polar surface area (TPSA) is 69.9 Å². The van der Waals surface area contributed by atoms with E-state index in [0.717, 1.165) is 4.47 Å². The van der Waals surface area contributed by atoms with Crippen LogP contribution in [0.15, 0.2) is 26.1 Å². The van der Waals surface area contributed by atoms with E-state index in [1.54, 1.807) is 26.0 Å². The molecule has 0 radical (unpaired) electrons. The van der Waals surface area contributed by atoms with E-state index in [4.69, 9.17) is 5.11 Å². The fourth-order valence-corrected chi connectivity index (χ4v) is 2.62. The standard InChI is InChI=1S/C12H13Br2NO3/c1-6(2)10(12(17)18)15-5-7-3-8(13)4-9(14)11(7)16/h3-6,10,16H,1-2H3,(H,17,18)/t10-/m0/s1. The van der Waals surface area contributed by atoms with E-state index >= 15 is 0 Å². The highest BCUT2D eigenvalue weighted by Crippen LogP contribution is 2.30. The van der Waals surface area contributed by atoms with Gasteiger partial charge < -0.3 is 10.2 Å². The largest absolute Gasteiger partial charge is 0.506 e. The van der Waals surface area contributed by atoms with Crippen LogP contribution in [0.5, 0.6) is 5.75 Å². The van der Waals surface area contributed by atoms with Gasteiger partial charge in [0.15, 0.2) is 0 Å². The molecule has 0 saturated heterocycles. The van der Waals surface area contributed by atoms with Crippen molar-refractivity contribution in [2.75, 3.05) is 0 Å². The Morgan fingerprint density at radius 2 is 2.00 bits per heavy atom. The van der Waals surface area contributed by atoms with Crippen LogP contribution in [0.3, 0.4) is 0 Å². The van der Waals surface area contributed by atoms with Crippen molar-refractivity contribution in [2.45, 2.75) is 19.9 Å². The third-order valence-electron chi connectivity index (χ3n) is 2.32. The number of carboxylic acid groups (broad SMARTS) is 1. The van der Waals surface area contributed by atoms with Crippen molar-refractivity contribution in [3.63, 3.8) is 0 Å². The smallest absolute Gasteiger partial charge is 0.328 e. The van der Waals surface area contributed by atoms with Crippen molar-refractivity contribution in [3.8, 4) is 5.75 Å². The van der Waals surface area contributed by atoms with Gasteiger partial charge in [0.2, 0.25) is 0 Å². The summed E-state index contributed by atoms with van der Waals surface area (Å²) in [6.07, 6.45) is 1.38. The van der Waals surface area contributed by atoms with E-state index < -0.39 is 12.0 Å². The lowest BCUT2D eigenvalue weighted by Crippen LogP contribution is -2.24. The number of carboxylic acids is 1. The van der Waals surface area contributed by atoms with Gasteiger partial charge >= 0.3 is 5.97 Å². The maximum absolute atomic E-state index is 11.0. The summed E-state index contributed by atoms with van der Waals surface area (Å²) in [7, 11) is 0. The number of hydrogen-bond donors (Lipinski definition) is 2. The van der Waals surface area contributed by atoms with Crippen molar-refractivity contribution in [3.05, 3.63) is 26.6 Å². The highest BCUT2D eigenvalue weighted by molar-refractivity contribution is 9.11. The molecule has 98 valence electrons. The first-order valence-corrected chi connectivity index (χ1v) is 6.85. The molecule has 1 atom stereocenters. The van der Waals surface area contributed by atoms with E-state index in [2.05, 4.69) is 36.9 Å². The number of aliphatic imine (C=N–C) groups is 1. The zero-order valence-electron chi connectivity index (χ0n) is 9.89. The van der Waals surface area contributed by atoms with Gasteiger partial charge in [0.05, 0.1) is 4.47 Å². The predicted octanol–water partition coefficient (Wildman–Crippen LogP) is 3.45. The molecule has 0 aliphatic heterocycles. The van der Waals surface area contributed by atoms with Crippen molar-refractivity contribution < 1.29 is 15.0 Å². The Bertz CT molecular complexity index is 486. The highest BCUT2D eigenvalue weighted by atomic mass is 79.9. The Balaban J connectivity index is 3.06. The maximum Gasteiger partial charge on any atom is 0.328 e. The van der Waals surface area contributed by atoms with Crippen LogP contribution in [0, 0.1) is 5.92 Å². The van der Waals surface area contributed by atoms with Gasteiger partial charge in [0.1, 0.15) is 11.8 Å². The molecule has 0 amide bonds. The van der Waals surface area contributed by atoms with Gasteiger partial charge in [-0.05, 0) is 34.0 Å². The van der Waals surface area contributed by atoms with E-state index in [-0.39, 0.29) is 11.7 Å². The van der Waals surface area contributed by atoms with Crippen LogP contribution < -0.4 is 0 Å². The molecule has 1 rings (SSSR count). The third-order valence-corrected chi connectivity index (χ3v) is 3.38. The summed E-state index contributed by atoms with van der Waals surface area (Å²) in [5.74, 6) is -1.05. The van der Waals surface area contributed by atoms with Crippen LogP contribution in [0.1, 0.15) is 19.4 Å². The number of hydrogen-bond acceptors (Lipinski definition) is 3. The SMILES string of the molecule is CC(C)[C@H](N=Cc1cc(Br)cc(Br)c1O)C(=O)O. The summed E-state index contributed by atoms with van der Waals surface area (Å²) in [5.41, 5.74) is 0.461. The normalized spacial score (nSPS) is 13.2. The molecule has 0 aliphatic carbocycles. The van der Waals surface area contributed by atoms with Gasteiger partial charge in [-0.3, -0.25) is 4.99 Å². The first-order chi connectivity index (χ1) is 8.32. The minimum absolute atomic E-state index is 0.0369. The number of nitrogens with zero attached hydrogens (tertiary/aromatic N) is 1. The zero-order valence-corrected chi connectivity index (χ0v) is 13.1. The number of benzene rings is 1. The summed E-state index contributed by atoms with van der Waals surface area (Å²) in [6, 6.07) is 2.55. The van der Waals surface area contributed by atoms with E-state index in [1.165, 1.54) is 6.21 Å². The second-order valence-electron chi connectivity index (χ2n) is 4.13. The van der Waals surface area contributed by atoms with Gasteiger partial charge in [-0.25, -0.2) is 4.79 Å². The second kappa shape index (κ2) is 6.33. The number of phenolic OH excluding ortho intramolecular Hbond substituents is 1. The van der Waals surface area contributed by atoms with Gasteiger partial charge in [0.25, 0.3) is 0 Å². The summed E-state index contributed by atoms with van der Waals surface area (Å²) < 4.78 is 1.29. The molecule has 0 unspecified atom stereocenters. The van der Waals surface area contributed by atoms with Crippen LogP contribution in [0.2, 0.25) is 0 Å². The van der Waals surface area contributed by atoms with Crippen LogP contribution >= 0.6 is 31.9 Å². The average Bonchev–Trinajstić information content (AvgIpc) is 2.23. The van der Waals surface area contributed by atoms with E-state index in [1.807, 2.05) is 0 Å². The van der Waals surface area contributed by atoms with Crippen LogP contribution in [-0.4, -0.2) is 28.4 Å². The summed E-state index contributed by atoms with van der Waals surface area (Å²) in [4.78, 5) is 15.0. The van der Waals surface area contributed by atoms with Crippen molar-refractivity contribution in [1.82, 2.24) is 0 Å². The Kier molecular flexibility index (Phi) is 5.34. The van der Waals surface area contributed by atoms with Crippen molar-refractivity contribution in [2.24, 2.45) is 10.9 Å². The lowest BCUT2D eigenvalue weighted by Gasteiger charge is -2.11. The number of aromatic hydroxyl groups is 1. The molecule has 0 fully saturated rings. The first-order valence-electron chi connectivity index (χ1n) is 5.27. The van der Waals surface area contributed by atoms with Gasteiger partial charge in [-0.15, -0.1) is 0 Å². The van der Waals surface area contributed by atoms with Crippen LogP contribution in [0.4, 0.5) is 0 Å². The van der Waals surface area contributed by atoms with Gasteiger partial charge in [-0.2, -0.15) is 0 Å². The van der Waals surface area contributed by atoms with E-state index in [0.29, 0.717) is 10.0 Å². The number of carbonyl (C=O) groups is 1. The van der Waals surface area contributed by atoms with Gasteiger partial charge in [0, 0.05) is 16.3 Å². The molecular weight excluding hydrogens is 366 g/mol. The van der Waals surface area contributed by atoms with Crippen LogP contribution in [-0.2, 0) is 4.79 Å². The van der Waals surface area contributed by atoms with Crippen molar-refractivity contribution >= 4 is 44.0 Å².